The fourth-order valence-electron chi connectivity index (χ4n) is 2.30. The highest BCUT2D eigenvalue weighted by Gasteiger charge is 2.20. The molecule has 0 aromatic carbocycles. The summed E-state index contributed by atoms with van der Waals surface area (Å²) in [6, 6.07) is 4.42. The summed E-state index contributed by atoms with van der Waals surface area (Å²) in [6.45, 7) is 3.25. The van der Waals surface area contributed by atoms with Gasteiger partial charge in [-0.15, -0.1) is 0 Å². The van der Waals surface area contributed by atoms with Gasteiger partial charge in [-0.1, -0.05) is 0 Å². The Morgan fingerprint density at radius 2 is 2.19 bits per heavy atom. The van der Waals surface area contributed by atoms with E-state index in [9.17, 15) is 5.11 Å². The van der Waals surface area contributed by atoms with Crippen molar-refractivity contribution in [3.05, 3.63) is 30.1 Å². The van der Waals surface area contributed by atoms with E-state index < -0.39 is 0 Å². The highest BCUT2D eigenvalue weighted by atomic mass is 16.3. The molecule has 0 saturated carbocycles. The van der Waals surface area contributed by atoms with Gasteiger partial charge in [-0.2, -0.15) is 0 Å². The van der Waals surface area contributed by atoms with E-state index in [-0.39, 0.29) is 6.10 Å². The Bertz CT molecular complexity index is 307. The predicted molar refractivity (Wildman–Crippen MR) is 64.0 cm³/mol. The van der Waals surface area contributed by atoms with Crippen molar-refractivity contribution < 1.29 is 5.11 Å². The Labute approximate surface area is 96.9 Å². The monoisotopic (exact) mass is 220 g/mol. The molecule has 3 nitrogen and oxygen atoms in total. The highest BCUT2D eigenvalue weighted by molar-refractivity contribution is 5.12. The highest BCUT2D eigenvalue weighted by Crippen LogP contribution is 2.25. The first-order valence-corrected chi connectivity index (χ1v) is 6.07. The summed E-state index contributed by atoms with van der Waals surface area (Å²) in [5.41, 5.74) is 0.980. The van der Waals surface area contributed by atoms with E-state index in [0.29, 0.717) is 12.0 Å². The van der Waals surface area contributed by atoms with E-state index in [4.69, 9.17) is 0 Å². The Hall–Kier alpha value is -0.930. The number of pyridine rings is 1. The summed E-state index contributed by atoms with van der Waals surface area (Å²) in [7, 11) is 0. The van der Waals surface area contributed by atoms with Crippen molar-refractivity contribution in [2.45, 2.75) is 38.3 Å². The van der Waals surface area contributed by atoms with Crippen LogP contribution in [0.2, 0.25) is 0 Å². The largest absolute Gasteiger partial charge is 0.388 e. The van der Waals surface area contributed by atoms with E-state index in [0.717, 1.165) is 18.5 Å². The van der Waals surface area contributed by atoms with Crippen LogP contribution >= 0.6 is 0 Å². The lowest BCUT2D eigenvalue weighted by Gasteiger charge is -2.29. The number of aliphatic hydroxyl groups excluding tert-OH is 1. The third kappa shape index (κ3) is 3.03. The van der Waals surface area contributed by atoms with E-state index >= 15 is 0 Å². The van der Waals surface area contributed by atoms with Gasteiger partial charge in [-0.3, -0.25) is 4.98 Å². The molecule has 88 valence electrons. The van der Waals surface area contributed by atoms with Crippen LogP contribution in [0.15, 0.2) is 24.5 Å². The maximum atomic E-state index is 10.1. The van der Waals surface area contributed by atoms with Gasteiger partial charge in [0.15, 0.2) is 0 Å². The Balaban J connectivity index is 1.86. The number of hydrogen-bond acceptors (Lipinski definition) is 3. The van der Waals surface area contributed by atoms with Crippen LogP contribution in [0.3, 0.4) is 0 Å². The van der Waals surface area contributed by atoms with Gasteiger partial charge in [-0.05, 0) is 56.3 Å². The molecule has 1 aromatic rings. The minimum atomic E-state index is -0.344. The fraction of sp³-hybridized carbons (Fsp3) is 0.615. The van der Waals surface area contributed by atoms with Crippen LogP contribution in [0, 0.1) is 5.92 Å². The van der Waals surface area contributed by atoms with Crippen molar-refractivity contribution >= 4 is 0 Å². The van der Waals surface area contributed by atoms with Crippen LogP contribution in [0.4, 0.5) is 0 Å². The molecular formula is C13H20N2O. The van der Waals surface area contributed by atoms with Gasteiger partial charge < -0.3 is 10.4 Å². The van der Waals surface area contributed by atoms with E-state index in [1.165, 1.54) is 12.8 Å². The van der Waals surface area contributed by atoms with Crippen LogP contribution in [-0.4, -0.2) is 22.7 Å². The maximum Gasteiger partial charge on any atom is 0.0794 e. The number of piperidine rings is 1. The molecule has 0 amide bonds. The lowest BCUT2D eigenvalue weighted by atomic mass is 9.89. The number of hydrogen-bond donors (Lipinski definition) is 2. The van der Waals surface area contributed by atoms with Crippen LogP contribution in [0.25, 0.3) is 0 Å². The first-order chi connectivity index (χ1) is 7.75. The SMILES string of the molecule is CC1CCC(CC(O)c2ccncc2)CN1. The third-order valence-corrected chi connectivity index (χ3v) is 3.41. The third-order valence-electron chi connectivity index (χ3n) is 3.41. The van der Waals surface area contributed by atoms with Crippen molar-refractivity contribution in [2.75, 3.05) is 6.54 Å². The smallest absolute Gasteiger partial charge is 0.0794 e. The standard InChI is InChI=1S/C13H20N2O/c1-10-2-3-11(9-15-10)8-13(16)12-4-6-14-7-5-12/h4-7,10-11,13,15-16H,2-3,8-9H2,1H3. The molecule has 2 heterocycles. The molecule has 2 rings (SSSR count). The molecule has 1 fully saturated rings. The molecule has 1 aromatic heterocycles. The van der Waals surface area contributed by atoms with Crippen LogP contribution in [0.5, 0.6) is 0 Å². The number of nitrogens with one attached hydrogen (secondary N) is 1. The van der Waals surface area contributed by atoms with Gasteiger partial charge in [0.25, 0.3) is 0 Å². The quantitative estimate of drug-likeness (QED) is 0.817. The Morgan fingerprint density at radius 1 is 1.44 bits per heavy atom. The minimum Gasteiger partial charge on any atom is -0.388 e. The summed E-state index contributed by atoms with van der Waals surface area (Å²) >= 11 is 0. The Morgan fingerprint density at radius 3 is 2.81 bits per heavy atom. The van der Waals surface area contributed by atoms with Crippen molar-refractivity contribution in [1.82, 2.24) is 10.3 Å². The molecule has 0 aliphatic carbocycles. The molecule has 1 aliphatic heterocycles. The summed E-state index contributed by atoms with van der Waals surface area (Å²) in [6.07, 6.45) is 6.41. The fourth-order valence-corrected chi connectivity index (χ4v) is 2.30. The summed E-state index contributed by atoms with van der Waals surface area (Å²) in [4.78, 5) is 3.96. The zero-order chi connectivity index (χ0) is 11.4. The molecule has 0 radical (unpaired) electrons. The molecule has 1 aliphatic rings. The molecule has 16 heavy (non-hydrogen) atoms. The predicted octanol–water partition coefficient (Wildman–Crippen LogP) is 1.89. The molecule has 3 heteroatoms. The molecule has 3 atom stereocenters. The normalized spacial score (nSPS) is 27.6. The average molecular weight is 220 g/mol. The van der Waals surface area contributed by atoms with E-state index in [1.54, 1.807) is 12.4 Å². The maximum absolute atomic E-state index is 10.1. The average Bonchev–Trinajstić information content (AvgIpc) is 2.33. The van der Waals surface area contributed by atoms with Crippen molar-refractivity contribution in [3.63, 3.8) is 0 Å². The molecule has 0 spiro atoms. The first-order valence-electron chi connectivity index (χ1n) is 6.07. The van der Waals surface area contributed by atoms with E-state index in [2.05, 4.69) is 17.2 Å². The Kier molecular flexibility index (Phi) is 3.91. The summed E-state index contributed by atoms with van der Waals surface area (Å²) in [5, 5.41) is 13.5. The molecular weight excluding hydrogens is 200 g/mol. The molecule has 3 unspecified atom stereocenters. The second kappa shape index (κ2) is 5.41. The number of nitrogens with zero attached hydrogens (tertiary/aromatic N) is 1. The lowest BCUT2D eigenvalue weighted by Crippen LogP contribution is -2.37. The zero-order valence-electron chi connectivity index (χ0n) is 9.76. The van der Waals surface area contributed by atoms with Crippen LogP contribution in [-0.2, 0) is 0 Å². The summed E-state index contributed by atoms with van der Waals surface area (Å²) in [5.74, 6) is 0.597. The van der Waals surface area contributed by atoms with Gasteiger partial charge in [-0.25, -0.2) is 0 Å². The number of aromatic nitrogens is 1. The lowest BCUT2D eigenvalue weighted by molar-refractivity contribution is 0.131. The molecule has 2 N–H and O–H groups in total. The second-order valence-corrected chi connectivity index (χ2v) is 4.78. The van der Waals surface area contributed by atoms with E-state index in [1.807, 2.05) is 12.1 Å². The molecule has 1 saturated heterocycles. The first kappa shape index (κ1) is 11.6. The number of rotatable bonds is 3. The van der Waals surface area contributed by atoms with Crippen LogP contribution < -0.4 is 5.32 Å². The minimum absolute atomic E-state index is 0.344. The van der Waals surface area contributed by atoms with Gasteiger partial charge >= 0.3 is 0 Å². The number of aliphatic hydroxyl groups is 1. The van der Waals surface area contributed by atoms with Gasteiger partial charge in [0, 0.05) is 18.4 Å². The van der Waals surface area contributed by atoms with Crippen LogP contribution in [0.1, 0.15) is 37.9 Å². The van der Waals surface area contributed by atoms with Crippen molar-refractivity contribution in [3.8, 4) is 0 Å². The van der Waals surface area contributed by atoms with Crippen molar-refractivity contribution in [1.29, 1.82) is 0 Å². The second-order valence-electron chi connectivity index (χ2n) is 4.78. The van der Waals surface area contributed by atoms with Gasteiger partial charge in [0.05, 0.1) is 6.10 Å². The molecule has 0 bridgehead atoms. The summed E-state index contributed by atoms with van der Waals surface area (Å²) < 4.78 is 0. The van der Waals surface area contributed by atoms with Gasteiger partial charge in [0.2, 0.25) is 0 Å². The topological polar surface area (TPSA) is 45.2 Å². The van der Waals surface area contributed by atoms with Gasteiger partial charge in [0.1, 0.15) is 0 Å². The zero-order valence-corrected chi connectivity index (χ0v) is 9.76. The van der Waals surface area contributed by atoms with Crippen molar-refractivity contribution in [2.24, 2.45) is 5.92 Å².